The number of carbonyl (C=O) groups is 2. The molecule has 6 heteroatoms. The van der Waals surface area contributed by atoms with Crippen LogP contribution in [0.15, 0.2) is 42.5 Å². The van der Waals surface area contributed by atoms with Gasteiger partial charge in [0.15, 0.2) is 11.5 Å². The van der Waals surface area contributed by atoms with Crippen LogP contribution in [0.2, 0.25) is 0 Å². The maximum absolute atomic E-state index is 12.1. The number of benzene rings is 2. The zero-order chi connectivity index (χ0) is 16.2. The van der Waals surface area contributed by atoms with Crippen molar-refractivity contribution in [2.24, 2.45) is 0 Å². The highest BCUT2D eigenvalue weighted by molar-refractivity contribution is 5.93. The molecule has 0 bridgehead atoms. The van der Waals surface area contributed by atoms with Crippen molar-refractivity contribution in [3.8, 4) is 11.5 Å². The lowest BCUT2D eigenvalue weighted by molar-refractivity contribution is -0.255. The molecule has 0 saturated carbocycles. The number of hydrogen-bond acceptors (Lipinski definition) is 5. The van der Waals surface area contributed by atoms with E-state index in [2.05, 4.69) is 5.32 Å². The van der Waals surface area contributed by atoms with Crippen molar-refractivity contribution in [2.45, 2.75) is 6.42 Å². The fraction of sp³-hybridized carbons (Fsp3) is 0.176. The highest BCUT2D eigenvalue weighted by atomic mass is 16.6. The molecule has 2 aromatic rings. The number of aromatic carboxylic acids is 1. The van der Waals surface area contributed by atoms with E-state index in [1.54, 1.807) is 12.1 Å². The van der Waals surface area contributed by atoms with E-state index in [4.69, 9.17) is 9.47 Å². The van der Waals surface area contributed by atoms with Crippen LogP contribution in [0, 0.1) is 0 Å². The summed E-state index contributed by atoms with van der Waals surface area (Å²) in [5.74, 6) is -0.139. The molecule has 1 aliphatic rings. The monoisotopic (exact) mass is 312 g/mol. The molecule has 0 saturated heterocycles. The summed E-state index contributed by atoms with van der Waals surface area (Å²) in [4.78, 5) is 22.7. The molecule has 0 unspecified atom stereocenters. The van der Waals surface area contributed by atoms with E-state index >= 15 is 0 Å². The number of nitrogens with one attached hydrogen (secondary N) is 1. The molecule has 118 valence electrons. The minimum absolute atomic E-state index is 0.0647. The molecule has 0 spiro atoms. The lowest BCUT2D eigenvalue weighted by Gasteiger charge is -2.18. The van der Waals surface area contributed by atoms with Crippen molar-refractivity contribution < 1.29 is 24.2 Å². The van der Waals surface area contributed by atoms with Gasteiger partial charge in [0.2, 0.25) is 5.91 Å². The summed E-state index contributed by atoms with van der Waals surface area (Å²) in [6.07, 6.45) is 0.179. The number of carbonyl (C=O) groups excluding carboxylic acids is 2. The van der Waals surface area contributed by atoms with Crippen LogP contribution in [0.4, 0.5) is 5.69 Å². The molecule has 1 aliphatic heterocycles. The highest BCUT2D eigenvalue weighted by Crippen LogP contribution is 2.30. The van der Waals surface area contributed by atoms with Crippen LogP contribution in [0.3, 0.4) is 0 Å². The molecule has 3 rings (SSSR count). The average Bonchev–Trinajstić information content (AvgIpc) is 2.55. The number of fused-ring (bicyclic) bond motifs is 1. The van der Waals surface area contributed by atoms with E-state index in [-0.39, 0.29) is 17.9 Å². The SMILES string of the molecule is O=C(Cc1ccc2c(c1)OCCO2)Nc1ccc(C(=O)[O-])cc1. The maximum Gasteiger partial charge on any atom is 0.228 e. The number of carboxylic acid groups (broad SMARTS) is 1. The fourth-order valence-corrected chi connectivity index (χ4v) is 2.28. The summed E-state index contributed by atoms with van der Waals surface area (Å²) in [5, 5.41) is 13.4. The Morgan fingerprint density at radius 2 is 1.70 bits per heavy atom. The van der Waals surface area contributed by atoms with Crippen LogP contribution < -0.4 is 19.9 Å². The van der Waals surface area contributed by atoms with Crippen LogP contribution in [-0.2, 0) is 11.2 Å². The minimum Gasteiger partial charge on any atom is -0.545 e. The van der Waals surface area contributed by atoms with Gasteiger partial charge in [-0.1, -0.05) is 18.2 Å². The zero-order valence-electron chi connectivity index (χ0n) is 12.2. The minimum atomic E-state index is -1.25. The third-order valence-electron chi connectivity index (χ3n) is 3.38. The van der Waals surface area contributed by atoms with Crippen molar-refractivity contribution in [3.63, 3.8) is 0 Å². The Kier molecular flexibility index (Phi) is 4.14. The predicted molar refractivity (Wildman–Crippen MR) is 80.5 cm³/mol. The number of ether oxygens (including phenoxy) is 2. The molecule has 2 aromatic carbocycles. The number of amides is 1. The second-order valence-electron chi connectivity index (χ2n) is 5.07. The number of hydrogen-bond donors (Lipinski definition) is 1. The van der Waals surface area contributed by atoms with Gasteiger partial charge in [-0.3, -0.25) is 4.79 Å². The molecular weight excluding hydrogens is 298 g/mol. The molecule has 1 heterocycles. The second-order valence-corrected chi connectivity index (χ2v) is 5.07. The Morgan fingerprint density at radius 1 is 1.00 bits per heavy atom. The Morgan fingerprint density at radius 3 is 2.39 bits per heavy atom. The van der Waals surface area contributed by atoms with Crippen molar-refractivity contribution in [1.82, 2.24) is 0 Å². The summed E-state index contributed by atoms with van der Waals surface area (Å²) in [6.45, 7) is 1.02. The zero-order valence-corrected chi connectivity index (χ0v) is 12.2. The highest BCUT2D eigenvalue weighted by Gasteiger charge is 2.13. The molecule has 0 aromatic heterocycles. The van der Waals surface area contributed by atoms with Crippen LogP contribution in [-0.4, -0.2) is 25.1 Å². The first-order chi connectivity index (χ1) is 11.1. The van der Waals surface area contributed by atoms with E-state index in [0.717, 1.165) is 5.56 Å². The van der Waals surface area contributed by atoms with E-state index in [1.165, 1.54) is 24.3 Å². The number of rotatable bonds is 4. The van der Waals surface area contributed by atoms with Gasteiger partial charge in [0.25, 0.3) is 0 Å². The standard InChI is InChI=1S/C17H15NO5/c19-16(18-13-4-2-12(3-5-13)17(20)21)10-11-1-6-14-15(9-11)23-8-7-22-14/h1-6,9H,7-8,10H2,(H,18,19)(H,20,21)/p-1. The summed E-state index contributed by atoms with van der Waals surface area (Å²) in [5.41, 5.74) is 1.39. The number of anilines is 1. The lowest BCUT2D eigenvalue weighted by atomic mass is 10.1. The maximum atomic E-state index is 12.1. The molecule has 1 amide bonds. The predicted octanol–water partition coefficient (Wildman–Crippen LogP) is 1.00. The third-order valence-corrected chi connectivity index (χ3v) is 3.38. The van der Waals surface area contributed by atoms with Gasteiger partial charge in [-0.15, -0.1) is 0 Å². The Balaban J connectivity index is 1.64. The second kappa shape index (κ2) is 6.39. The first kappa shape index (κ1) is 14.9. The lowest BCUT2D eigenvalue weighted by Crippen LogP contribution is -2.22. The fourth-order valence-electron chi connectivity index (χ4n) is 2.28. The Bertz CT molecular complexity index is 739. The van der Waals surface area contributed by atoms with Crippen molar-refractivity contribution in [3.05, 3.63) is 53.6 Å². The van der Waals surface area contributed by atoms with Crippen LogP contribution in [0.5, 0.6) is 11.5 Å². The van der Waals surface area contributed by atoms with Crippen molar-refractivity contribution in [2.75, 3.05) is 18.5 Å². The Labute approximate surface area is 132 Å². The molecule has 1 N–H and O–H groups in total. The van der Waals surface area contributed by atoms with E-state index in [1.807, 2.05) is 6.07 Å². The van der Waals surface area contributed by atoms with Gasteiger partial charge in [0.05, 0.1) is 12.4 Å². The molecule has 0 radical (unpaired) electrons. The van der Waals surface area contributed by atoms with Gasteiger partial charge >= 0.3 is 0 Å². The van der Waals surface area contributed by atoms with Crippen LogP contribution in [0.1, 0.15) is 15.9 Å². The third kappa shape index (κ3) is 3.60. The Hall–Kier alpha value is -3.02. The van der Waals surface area contributed by atoms with Crippen molar-refractivity contribution >= 4 is 17.6 Å². The van der Waals surface area contributed by atoms with Gasteiger partial charge in [0, 0.05) is 5.69 Å². The molecule has 0 fully saturated rings. The molecule has 0 aliphatic carbocycles. The van der Waals surface area contributed by atoms with Gasteiger partial charge in [-0.25, -0.2) is 0 Å². The first-order valence-corrected chi connectivity index (χ1v) is 7.11. The molecular formula is C17H14NO5-. The quantitative estimate of drug-likeness (QED) is 0.910. The van der Waals surface area contributed by atoms with Crippen LogP contribution >= 0.6 is 0 Å². The van der Waals surface area contributed by atoms with E-state index < -0.39 is 5.97 Å². The summed E-state index contributed by atoms with van der Waals surface area (Å²) in [7, 11) is 0. The molecule has 0 atom stereocenters. The summed E-state index contributed by atoms with van der Waals surface area (Å²) < 4.78 is 10.9. The number of carboxylic acids is 1. The van der Waals surface area contributed by atoms with Crippen molar-refractivity contribution in [1.29, 1.82) is 0 Å². The van der Waals surface area contributed by atoms with Crippen LogP contribution in [0.25, 0.3) is 0 Å². The molecule has 23 heavy (non-hydrogen) atoms. The van der Waals surface area contributed by atoms with E-state index in [0.29, 0.717) is 30.4 Å². The molecule has 6 nitrogen and oxygen atoms in total. The van der Waals surface area contributed by atoms with E-state index in [9.17, 15) is 14.7 Å². The first-order valence-electron chi connectivity index (χ1n) is 7.11. The van der Waals surface area contributed by atoms with Gasteiger partial charge in [0.1, 0.15) is 13.2 Å². The van der Waals surface area contributed by atoms with Gasteiger partial charge in [-0.05, 0) is 35.4 Å². The largest absolute Gasteiger partial charge is 0.545 e. The summed E-state index contributed by atoms with van der Waals surface area (Å²) in [6, 6.07) is 11.2. The van der Waals surface area contributed by atoms with Gasteiger partial charge in [-0.2, -0.15) is 0 Å². The topological polar surface area (TPSA) is 87.7 Å². The average molecular weight is 312 g/mol. The normalized spacial score (nSPS) is 12.5. The summed E-state index contributed by atoms with van der Waals surface area (Å²) >= 11 is 0. The van der Waals surface area contributed by atoms with Gasteiger partial charge < -0.3 is 24.7 Å². The smallest absolute Gasteiger partial charge is 0.228 e.